The van der Waals surface area contributed by atoms with Crippen LogP contribution < -0.4 is 10.1 Å². The molecule has 1 heterocycles. The third kappa shape index (κ3) is 4.53. The zero-order chi connectivity index (χ0) is 15.2. The molecule has 0 aliphatic carbocycles. The number of benzene rings is 1. The van der Waals surface area contributed by atoms with E-state index in [1.165, 1.54) is 10.9 Å². The second kappa shape index (κ2) is 7.92. The van der Waals surface area contributed by atoms with E-state index >= 15 is 0 Å². The van der Waals surface area contributed by atoms with Crippen LogP contribution in [0.4, 0.5) is 4.39 Å². The van der Waals surface area contributed by atoms with E-state index in [0.29, 0.717) is 12.0 Å². The maximum Gasteiger partial charge on any atom is 0.129 e. The molecule has 0 bridgehead atoms. The van der Waals surface area contributed by atoms with Crippen LogP contribution in [-0.2, 0) is 6.42 Å². The summed E-state index contributed by atoms with van der Waals surface area (Å²) in [5, 5.41) is 5.47. The van der Waals surface area contributed by atoms with Crippen molar-refractivity contribution in [1.29, 1.82) is 0 Å². The van der Waals surface area contributed by atoms with Gasteiger partial charge in [0.25, 0.3) is 0 Å². The predicted molar refractivity (Wildman–Crippen MR) is 89.7 cm³/mol. The summed E-state index contributed by atoms with van der Waals surface area (Å²) < 4.78 is 20.1. The minimum Gasteiger partial charge on any atom is -0.496 e. The smallest absolute Gasteiger partial charge is 0.129 e. The Morgan fingerprint density at radius 2 is 2.19 bits per heavy atom. The second-order valence-corrected chi connectivity index (χ2v) is 6.69. The maximum atomic E-state index is 14.0. The van der Waals surface area contributed by atoms with Crippen molar-refractivity contribution in [2.24, 2.45) is 0 Å². The summed E-state index contributed by atoms with van der Waals surface area (Å²) in [5.41, 5.74) is 0.713. The topological polar surface area (TPSA) is 21.3 Å². The molecular formula is C16H19BrFNOS. The van der Waals surface area contributed by atoms with Crippen LogP contribution in [0.15, 0.2) is 34.1 Å². The minimum atomic E-state index is -0.162. The summed E-state index contributed by atoms with van der Waals surface area (Å²) in [5.74, 6) is 0.693. The first kappa shape index (κ1) is 16.5. The predicted octanol–water partition coefficient (Wildman–Crippen LogP) is 4.94. The van der Waals surface area contributed by atoms with Crippen molar-refractivity contribution in [3.05, 3.63) is 50.4 Å². The van der Waals surface area contributed by atoms with Crippen LogP contribution in [0.1, 0.15) is 29.8 Å². The maximum absolute atomic E-state index is 14.0. The molecule has 0 fully saturated rings. The van der Waals surface area contributed by atoms with Crippen molar-refractivity contribution < 1.29 is 9.13 Å². The van der Waals surface area contributed by atoms with E-state index in [1.54, 1.807) is 24.5 Å². The molecule has 0 radical (unpaired) electrons. The first-order valence-corrected chi connectivity index (χ1v) is 8.61. The lowest BCUT2D eigenvalue weighted by Gasteiger charge is -2.18. The molecule has 1 aromatic carbocycles. The molecule has 0 saturated heterocycles. The first-order valence-electron chi connectivity index (χ1n) is 6.93. The molecule has 2 nitrogen and oxygen atoms in total. The fourth-order valence-electron chi connectivity index (χ4n) is 2.14. The van der Waals surface area contributed by atoms with Crippen LogP contribution in [0.5, 0.6) is 5.75 Å². The Hall–Kier alpha value is -0.910. The normalized spacial score (nSPS) is 12.4. The van der Waals surface area contributed by atoms with E-state index in [9.17, 15) is 4.39 Å². The largest absolute Gasteiger partial charge is 0.496 e. The minimum absolute atomic E-state index is 0.0997. The fourth-order valence-corrected chi connectivity index (χ4v) is 3.48. The van der Waals surface area contributed by atoms with Crippen molar-refractivity contribution in [3.8, 4) is 5.75 Å². The molecule has 0 amide bonds. The van der Waals surface area contributed by atoms with Crippen LogP contribution in [0.2, 0.25) is 0 Å². The van der Waals surface area contributed by atoms with Gasteiger partial charge in [0.2, 0.25) is 0 Å². The number of rotatable bonds is 7. The highest BCUT2D eigenvalue weighted by Gasteiger charge is 2.16. The lowest BCUT2D eigenvalue weighted by atomic mass is 10.0. The van der Waals surface area contributed by atoms with Crippen molar-refractivity contribution in [3.63, 3.8) is 0 Å². The summed E-state index contributed by atoms with van der Waals surface area (Å²) in [6, 6.07) is 7.20. The van der Waals surface area contributed by atoms with Crippen molar-refractivity contribution in [2.45, 2.75) is 25.8 Å². The summed E-state index contributed by atoms with van der Waals surface area (Å²) >= 11 is 5.05. The van der Waals surface area contributed by atoms with E-state index in [-0.39, 0.29) is 11.9 Å². The molecule has 0 aliphatic heterocycles. The van der Waals surface area contributed by atoms with Gasteiger partial charge in [0.15, 0.2) is 0 Å². The number of thiophene rings is 1. The van der Waals surface area contributed by atoms with E-state index in [0.717, 1.165) is 23.2 Å². The van der Waals surface area contributed by atoms with Crippen LogP contribution in [0.3, 0.4) is 0 Å². The number of nitrogens with one attached hydrogen (secondary N) is 1. The third-order valence-electron chi connectivity index (χ3n) is 3.25. The monoisotopic (exact) mass is 371 g/mol. The second-order valence-electron chi connectivity index (χ2n) is 4.84. The van der Waals surface area contributed by atoms with Gasteiger partial charge in [-0.15, -0.1) is 11.3 Å². The molecule has 0 aliphatic rings. The summed E-state index contributed by atoms with van der Waals surface area (Å²) in [6.45, 7) is 3.03. The quantitative estimate of drug-likeness (QED) is 0.743. The summed E-state index contributed by atoms with van der Waals surface area (Å²) in [6.07, 6.45) is 1.66. The molecule has 0 spiro atoms. The van der Waals surface area contributed by atoms with Crippen molar-refractivity contribution in [2.75, 3.05) is 13.7 Å². The van der Waals surface area contributed by atoms with E-state index < -0.39 is 0 Å². The Balaban J connectivity index is 2.21. The third-order valence-corrected chi connectivity index (χ3v) is 4.77. The zero-order valence-electron chi connectivity index (χ0n) is 12.2. The van der Waals surface area contributed by atoms with Crippen molar-refractivity contribution >= 4 is 27.3 Å². The van der Waals surface area contributed by atoms with Gasteiger partial charge in [-0.2, -0.15) is 0 Å². The van der Waals surface area contributed by atoms with Gasteiger partial charge in [-0.1, -0.05) is 22.9 Å². The molecule has 2 rings (SSSR count). The van der Waals surface area contributed by atoms with E-state index in [1.807, 2.05) is 17.5 Å². The molecule has 0 saturated carbocycles. The van der Waals surface area contributed by atoms with E-state index in [4.69, 9.17) is 4.74 Å². The zero-order valence-corrected chi connectivity index (χ0v) is 14.6. The number of hydrogen-bond donors (Lipinski definition) is 1. The lowest BCUT2D eigenvalue weighted by molar-refractivity contribution is 0.415. The van der Waals surface area contributed by atoms with Gasteiger partial charge in [0.05, 0.1) is 7.11 Å². The Bertz CT molecular complexity index is 587. The van der Waals surface area contributed by atoms with Crippen LogP contribution in [0.25, 0.3) is 0 Å². The summed E-state index contributed by atoms with van der Waals surface area (Å²) in [4.78, 5) is 1.17. The molecule has 1 aromatic heterocycles. The van der Waals surface area contributed by atoms with Gasteiger partial charge in [0.1, 0.15) is 11.6 Å². The SMILES string of the molecule is CCCNC(Cc1cc(Br)ccc1F)c1cc(OC)cs1. The van der Waals surface area contributed by atoms with Gasteiger partial charge in [-0.05, 0) is 49.2 Å². The van der Waals surface area contributed by atoms with Gasteiger partial charge in [0, 0.05) is 20.8 Å². The van der Waals surface area contributed by atoms with Crippen LogP contribution in [-0.4, -0.2) is 13.7 Å². The molecule has 21 heavy (non-hydrogen) atoms. The molecule has 5 heteroatoms. The molecule has 2 aromatic rings. The number of halogens is 2. The fraction of sp³-hybridized carbons (Fsp3) is 0.375. The van der Waals surface area contributed by atoms with Crippen LogP contribution >= 0.6 is 27.3 Å². The van der Waals surface area contributed by atoms with Gasteiger partial charge < -0.3 is 10.1 Å². The Labute approximate surface area is 137 Å². The van der Waals surface area contributed by atoms with E-state index in [2.05, 4.69) is 28.2 Å². The van der Waals surface area contributed by atoms with Crippen LogP contribution in [0, 0.1) is 5.82 Å². The highest BCUT2D eigenvalue weighted by Crippen LogP contribution is 2.30. The number of ether oxygens (including phenoxy) is 1. The number of methoxy groups -OCH3 is 1. The lowest BCUT2D eigenvalue weighted by Crippen LogP contribution is -2.23. The van der Waals surface area contributed by atoms with Gasteiger partial charge in [-0.25, -0.2) is 4.39 Å². The van der Waals surface area contributed by atoms with Gasteiger partial charge >= 0.3 is 0 Å². The Kier molecular flexibility index (Phi) is 6.21. The number of hydrogen-bond acceptors (Lipinski definition) is 3. The highest BCUT2D eigenvalue weighted by molar-refractivity contribution is 9.10. The average molecular weight is 372 g/mol. The average Bonchev–Trinajstić information content (AvgIpc) is 2.95. The first-order chi connectivity index (χ1) is 10.1. The summed E-state index contributed by atoms with van der Waals surface area (Å²) in [7, 11) is 1.66. The molecule has 1 N–H and O–H groups in total. The molecule has 114 valence electrons. The highest BCUT2D eigenvalue weighted by atomic mass is 79.9. The van der Waals surface area contributed by atoms with Crippen molar-refractivity contribution in [1.82, 2.24) is 5.32 Å². The molecule has 1 unspecified atom stereocenters. The standard InChI is InChI=1S/C16H19BrFNOS/c1-3-6-19-15(16-9-13(20-2)10-21-16)8-11-7-12(17)4-5-14(11)18/h4-5,7,9-10,15,19H,3,6,8H2,1-2H3. The van der Waals surface area contributed by atoms with Gasteiger partial charge in [-0.3, -0.25) is 0 Å². The Morgan fingerprint density at radius 1 is 1.38 bits per heavy atom. The molecular weight excluding hydrogens is 353 g/mol. The Morgan fingerprint density at radius 3 is 2.86 bits per heavy atom. The molecule has 1 atom stereocenters.